The van der Waals surface area contributed by atoms with Crippen molar-refractivity contribution < 1.29 is 14.0 Å². The molecule has 1 aliphatic heterocycles. The topological polar surface area (TPSA) is 80.1 Å². The number of thioether (sulfide) groups is 1. The van der Waals surface area contributed by atoms with E-state index in [1.807, 2.05) is 4.57 Å². The molecule has 1 fully saturated rings. The van der Waals surface area contributed by atoms with Crippen LogP contribution in [0.2, 0.25) is 5.02 Å². The standard InChI is InChI=1S/C25H25ClFN5O2S/c1-3-12-32-23(21-5-4-13-31(21)24(34)17-7-9-18(26)10-8-17)29-30-25(32)35-15-22(33)28-20-14-19(27)11-6-16(20)2/h3,6-11,14,21H,1,4-5,12-13,15H2,2H3,(H,28,33). The van der Waals surface area contributed by atoms with E-state index in [0.29, 0.717) is 40.3 Å². The quantitative estimate of drug-likeness (QED) is 0.328. The number of nitrogens with one attached hydrogen (secondary N) is 1. The first kappa shape index (κ1) is 24.9. The third-order valence-corrected chi connectivity index (χ3v) is 6.98. The maximum absolute atomic E-state index is 13.5. The van der Waals surface area contributed by atoms with Crippen LogP contribution in [0, 0.1) is 12.7 Å². The summed E-state index contributed by atoms with van der Waals surface area (Å²) in [5.41, 5.74) is 1.77. The van der Waals surface area contributed by atoms with Gasteiger partial charge >= 0.3 is 0 Å². The molecule has 2 aromatic carbocycles. The molecular weight excluding hydrogens is 489 g/mol. The third kappa shape index (κ3) is 5.74. The summed E-state index contributed by atoms with van der Waals surface area (Å²) in [5.74, 6) is -0.0458. The molecule has 2 heterocycles. The number of carbonyl (C=O) groups is 2. The van der Waals surface area contributed by atoms with Gasteiger partial charge in [0.25, 0.3) is 5.91 Å². The summed E-state index contributed by atoms with van der Waals surface area (Å²) in [6.45, 7) is 6.68. The summed E-state index contributed by atoms with van der Waals surface area (Å²) in [5, 5.41) is 12.6. The van der Waals surface area contributed by atoms with Gasteiger partial charge in [-0.3, -0.25) is 9.59 Å². The van der Waals surface area contributed by atoms with Gasteiger partial charge in [-0.15, -0.1) is 16.8 Å². The van der Waals surface area contributed by atoms with E-state index < -0.39 is 5.82 Å². The highest BCUT2D eigenvalue weighted by Crippen LogP contribution is 2.34. The molecule has 2 amide bonds. The average molecular weight is 514 g/mol. The second kappa shape index (κ2) is 11.0. The summed E-state index contributed by atoms with van der Waals surface area (Å²) in [4.78, 5) is 27.5. The summed E-state index contributed by atoms with van der Waals surface area (Å²) in [7, 11) is 0. The van der Waals surface area contributed by atoms with E-state index >= 15 is 0 Å². The van der Waals surface area contributed by atoms with Gasteiger partial charge in [-0.05, 0) is 61.7 Å². The molecule has 10 heteroatoms. The molecule has 0 radical (unpaired) electrons. The number of amides is 2. The summed E-state index contributed by atoms with van der Waals surface area (Å²) in [6, 6.07) is 10.9. The number of halogens is 2. The van der Waals surface area contributed by atoms with Crippen LogP contribution in [0.1, 0.15) is 40.6 Å². The van der Waals surface area contributed by atoms with Gasteiger partial charge in [0.05, 0.1) is 11.8 Å². The van der Waals surface area contributed by atoms with Gasteiger partial charge in [0.1, 0.15) is 5.82 Å². The predicted octanol–water partition coefficient (Wildman–Crippen LogP) is 5.27. The summed E-state index contributed by atoms with van der Waals surface area (Å²) < 4.78 is 15.4. The lowest BCUT2D eigenvalue weighted by atomic mass is 10.1. The van der Waals surface area contributed by atoms with Crippen LogP contribution in [0.5, 0.6) is 0 Å². The van der Waals surface area contributed by atoms with E-state index in [4.69, 9.17) is 11.6 Å². The number of benzene rings is 2. The second-order valence-corrected chi connectivity index (χ2v) is 9.58. The Balaban J connectivity index is 1.49. The molecule has 1 N–H and O–H groups in total. The first-order chi connectivity index (χ1) is 16.9. The normalized spacial score (nSPS) is 15.3. The van der Waals surface area contributed by atoms with Crippen molar-refractivity contribution in [3.05, 3.63) is 82.9 Å². The van der Waals surface area contributed by atoms with Gasteiger partial charge in [0, 0.05) is 29.4 Å². The molecule has 0 bridgehead atoms. The Morgan fingerprint density at radius 2 is 2.03 bits per heavy atom. The molecule has 0 saturated carbocycles. The van der Waals surface area contributed by atoms with Crippen molar-refractivity contribution in [1.82, 2.24) is 19.7 Å². The fourth-order valence-corrected chi connectivity index (χ4v) is 4.92. The highest BCUT2D eigenvalue weighted by atomic mass is 35.5. The molecule has 182 valence electrons. The molecule has 7 nitrogen and oxygen atoms in total. The van der Waals surface area contributed by atoms with Crippen LogP contribution in [-0.4, -0.2) is 43.8 Å². The number of rotatable bonds is 8. The number of hydrogen-bond donors (Lipinski definition) is 1. The molecule has 4 rings (SSSR count). The highest BCUT2D eigenvalue weighted by Gasteiger charge is 2.34. The van der Waals surface area contributed by atoms with Crippen molar-refractivity contribution >= 4 is 40.9 Å². The molecule has 3 aromatic rings. The van der Waals surface area contributed by atoms with Gasteiger partial charge in [-0.1, -0.05) is 35.5 Å². The second-order valence-electron chi connectivity index (χ2n) is 8.20. The number of aryl methyl sites for hydroxylation is 1. The van der Waals surface area contributed by atoms with Crippen molar-refractivity contribution in [3.8, 4) is 0 Å². The molecule has 0 spiro atoms. The van der Waals surface area contributed by atoms with Gasteiger partial charge < -0.3 is 14.8 Å². The summed E-state index contributed by atoms with van der Waals surface area (Å²) in [6.07, 6.45) is 3.34. The lowest BCUT2D eigenvalue weighted by Crippen LogP contribution is -2.32. The number of allylic oxidation sites excluding steroid dienone is 1. The Morgan fingerprint density at radius 3 is 2.77 bits per heavy atom. The Kier molecular flexibility index (Phi) is 7.87. The van der Waals surface area contributed by atoms with Crippen LogP contribution in [0.4, 0.5) is 10.1 Å². The fourth-order valence-electron chi connectivity index (χ4n) is 4.04. The first-order valence-corrected chi connectivity index (χ1v) is 12.5. The minimum Gasteiger partial charge on any atom is -0.328 e. The zero-order valence-electron chi connectivity index (χ0n) is 19.2. The Hall–Kier alpha value is -3.17. The smallest absolute Gasteiger partial charge is 0.254 e. The number of likely N-dealkylation sites (tertiary alicyclic amines) is 1. The minimum absolute atomic E-state index is 0.0727. The maximum Gasteiger partial charge on any atom is 0.254 e. The van der Waals surface area contributed by atoms with E-state index in [1.165, 1.54) is 23.9 Å². The van der Waals surface area contributed by atoms with Crippen LogP contribution in [-0.2, 0) is 11.3 Å². The fraction of sp³-hybridized carbons (Fsp3) is 0.280. The average Bonchev–Trinajstić information content (AvgIpc) is 3.47. The van der Waals surface area contributed by atoms with Crippen molar-refractivity contribution in [1.29, 1.82) is 0 Å². The molecule has 1 aromatic heterocycles. The number of carbonyl (C=O) groups excluding carboxylic acids is 2. The molecule has 1 saturated heterocycles. The van der Waals surface area contributed by atoms with Crippen molar-refractivity contribution in [2.45, 2.75) is 37.5 Å². The van der Waals surface area contributed by atoms with E-state index in [9.17, 15) is 14.0 Å². The van der Waals surface area contributed by atoms with Crippen LogP contribution in [0.15, 0.2) is 60.3 Å². The van der Waals surface area contributed by atoms with Gasteiger partial charge in [-0.25, -0.2) is 4.39 Å². The maximum atomic E-state index is 13.5. The largest absolute Gasteiger partial charge is 0.328 e. The van der Waals surface area contributed by atoms with Gasteiger partial charge in [-0.2, -0.15) is 0 Å². The lowest BCUT2D eigenvalue weighted by molar-refractivity contribution is -0.113. The first-order valence-electron chi connectivity index (χ1n) is 11.2. The molecule has 1 aliphatic rings. The van der Waals surface area contributed by atoms with Gasteiger partial charge in [0.15, 0.2) is 11.0 Å². The molecule has 1 atom stereocenters. The van der Waals surface area contributed by atoms with Crippen LogP contribution >= 0.6 is 23.4 Å². The van der Waals surface area contributed by atoms with Crippen molar-refractivity contribution in [2.24, 2.45) is 0 Å². The zero-order chi connectivity index (χ0) is 24.9. The van der Waals surface area contributed by atoms with Crippen LogP contribution in [0.3, 0.4) is 0 Å². The number of nitrogens with zero attached hydrogens (tertiary/aromatic N) is 4. The third-order valence-electron chi connectivity index (χ3n) is 5.77. The zero-order valence-corrected chi connectivity index (χ0v) is 20.8. The molecular formula is C25H25ClFN5O2S. The van der Waals surface area contributed by atoms with Gasteiger partial charge in [0.2, 0.25) is 5.91 Å². The Labute approximate surface area is 212 Å². The monoisotopic (exact) mass is 513 g/mol. The molecule has 35 heavy (non-hydrogen) atoms. The van der Waals surface area contributed by atoms with E-state index in [0.717, 1.165) is 18.4 Å². The van der Waals surface area contributed by atoms with E-state index in [2.05, 4.69) is 22.1 Å². The van der Waals surface area contributed by atoms with Crippen LogP contribution < -0.4 is 5.32 Å². The highest BCUT2D eigenvalue weighted by molar-refractivity contribution is 7.99. The number of anilines is 1. The van der Waals surface area contributed by atoms with Crippen molar-refractivity contribution in [2.75, 3.05) is 17.6 Å². The number of hydrogen-bond acceptors (Lipinski definition) is 5. The van der Waals surface area contributed by atoms with E-state index in [1.54, 1.807) is 48.2 Å². The van der Waals surface area contributed by atoms with Crippen LogP contribution in [0.25, 0.3) is 0 Å². The minimum atomic E-state index is -0.414. The van der Waals surface area contributed by atoms with Crippen molar-refractivity contribution in [3.63, 3.8) is 0 Å². The molecule has 0 aliphatic carbocycles. The number of aromatic nitrogens is 3. The molecule has 1 unspecified atom stereocenters. The Bertz CT molecular complexity index is 1250. The van der Waals surface area contributed by atoms with E-state index in [-0.39, 0.29) is 23.6 Å². The SMILES string of the molecule is C=CCn1c(SCC(=O)Nc2cc(F)ccc2C)nnc1C1CCCN1C(=O)c1ccc(Cl)cc1. The lowest BCUT2D eigenvalue weighted by Gasteiger charge is -2.24. The predicted molar refractivity (Wildman–Crippen MR) is 135 cm³/mol. The summed E-state index contributed by atoms with van der Waals surface area (Å²) >= 11 is 7.20. The Morgan fingerprint density at radius 1 is 1.26 bits per heavy atom.